The van der Waals surface area contributed by atoms with E-state index in [1.54, 1.807) is 21.5 Å². The van der Waals surface area contributed by atoms with Crippen molar-refractivity contribution in [3.8, 4) is 22.3 Å². The van der Waals surface area contributed by atoms with Crippen molar-refractivity contribution in [2.45, 2.75) is 58.2 Å². The standard InChI is InChI=1S/2C18H19Si.2CH3.2ClH.H2Si.Ti/c2*1-19(2,3)16-12-15-10-7-11-17(18(15)13-16)14-8-5-4-6-9-14;;;;;;/h2*4-13H,1-3H3;2*1H3;2*1H;1H2;. The molecular weight excluding hydrogens is 659 g/mol. The van der Waals surface area contributed by atoms with Crippen molar-refractivity contribution in [3.63, 3.8) is 0 Å². The second-order valence-electron chi connectivity index (χ2n) is 15.9. The van der Waals surface area contributed by atoms with Crippen molar-refractivity contribution in [2.75, 3.05) is 0 Å². The van der Waals surface area contributed by atoms with E-state index in [9.17, 15) is 0 Å². The molecule has 2 unspecified atom stereocenters. The van der Waals surface area contributed by atoms with Gasteiger partial charge in [-0.25, -0.2) is 0 Å². The molecule has 0 bridgehead atoms. The summed E-state index contributed by atoms with van der Waals surface area (Å²) in [6.07, 6.45) is 5.35. The Bertz CT molecular complexity index is 1690. The molecular formula is C38H48Cl2Si3Ti. The zero-order chi connectivity index (χ0) is 30.1. The van der Waals surface area contributed by atoms with E-state index >= 15 is 0 Å². The first-order valence-electron chi connectivity index (χ1n) is 15.5. The van der Waals surface area contributed by atoms with E-state index in [2.05, 4.69) is 167 Å². The van der Waals surface area contributed by atoms with Gasteiger partial charge in [-0.2, -0.15) is 0 Å². The average molecular weight is 708 g/mol. The normalized spacial score (nSPS) is 17.9. The summed E-state index contributed by atoms with van der Waals surface area (Å²) < 4.78 is 1.09. The molecule has 6 heteroatoms. The molecule has 2 atom stereocenters. The second-order valence-corrected chi connectivity index (χ2v) is 46.2. The summed E-state index contributed by atoms with van der Waals surface area (Å²) in [6, 6.07) is 36.5. The number of allylic oxidation sites excluding steroid dienone is 2. The van der Waals surface area contributed by atoms with E-state index in [0.29, 0.717) is 8.45 Å². The fourth-order valence-electron chi connectivity index (χ4n) is 8.05. The molecule has 0 saturated carbocycles. The van der Waals surface area contributed by atoms with Gasteiger partial charge in [-0.05, 0) is 0 Å². The Labute approximate surface area is 282 Å². The minimum Gasteiger partial charge on any atom is -0.147 e. The third-order valence-electron chi connectivity index (χ3n) is 9.92. The van der Waals surface area contributed by atoms with Gasteiger partial charge in [0, 0.05) is 0 Å². The Morgan fingerprint density at radius 3 is 1.16 bits per heavy atom. The van der Waals surface area contributed by atoms with Crippen LogP contribution in [-0.2, 0) is 14.0 Å². The summed E-state index contributed by atoms with van der Waals surface area (Å²) in [5, 5.41) is 9.17. The number of hydrogen-bond acceptors (Lipinski definition) is 0. The maximum absolute atomic E-state index is 3.44. The Balaban J connectivity index is 0.00000221. The van der Waals surface area contributed by atoms with Crippen molar-refractivity contribution >= 4 is 60.7 Å². The number of rotatable bonds is 6. The van der Waals surface area contributed by atoms with Gasteiger partial charge in [0.05, 0.1) is 0 Å². The van der Waals surface area contributed by atoms with Gasteiger partial charge >= 0.3 is 260 Å². The molecule has 4 aromatic carbocycles. The minimum absolute atomic E-state index is 0. The first kappa shape index (κ1) is 35.2. The molecule has 0 N–H and O–H groups in total. The van der Waals surface area contributed by atoms with Gasteiger partial charge < -0.3 is 0 Å². The Morgan fingerprint density at radius 2 is 0.841 bits per heavy atom. The number of benzene rings is 4. The fourth-order valence-corrected chi connectivity index (χ4v) is 32.5. The molecule has 0 aromatic heterocycles. The molecule has 0 radical (unpaired) electrons. The maximum Gasteiger partial charge on any atom is -0.147 e. The van der Waals surface area contributed by atoms with Crippen LogP contribution in [0.5, 0.6) is 0 Å². The minimum atomic E-state index is -3.44. The number of fused-ring (bicyclic) bond motifs is 2. The SMILES string of the molecule is C[Si](C)(C)C1=Cc2c(-c3ccccc3)cccc2[CH]1[Ti]([CH3])([CH3])(=[SiH2])[CH]1C([Si](C)(C)C)=Cc2c(-c3ccccc3)cccc21.Cl.Cl. The number of halogens is 2. The van der Waals surface area contributed by atoms with Crippen LogP contribution in [0.1, 0.15) is 30.7 Å². The third kappa shape index (κ3) is 5.95. The quantitative estimate of drug-likeness (QED) is 0.175. The molecule has 230 valence electrons. The van der Waals surface area contributed by atoms with E-state index in [0.717, 1.165) is 0 Å². The molecule has 2 aliphatic carbocycles. The fraction of sp³-hybridized carbons (Fsp3) is 0.263. The average Bonchev–Trinajstić information content (AvgIpc) is 3.55. The molecule has 4 aromatic rings. The third-order valence-corrected chi connectivity index (χ3v) is 26.4. The van der Waals surface area contributed by atoms with Crippen LogP contribution in [-0.4, -0.2) is 23.8 Å². The largest absolute Gasteiger partial charge is 0.147 e. The summed E-state index contributed by atoms with van der Waals surface area (Å²) in [6.45, 7) is 15.5. The van der Waals surface area contributed by atoms with E-state index in [4.69, 9.17) is 0 Å². The summed E-state index contributed by atoms with van der Waals surface area (Å²) in [5.74, 6) is 0. The maximum atomic E-state index is 2.81. The zero-order valence-electron chi connectivity index (χ0n) is 27.6. The van der Waals surface area contributed by atoms with Gasteiger partial charge in [-0.1, -0.05) is 0 Å². The topological polar surface area (TPSA) is 0 Å². The van der Waals surface area contributed by atoms with Crippen LogP contribution in [0.25, 0.3) is 34.4 Å². The summed E-state index contributed by atoms with van der Waals surface area (Å²) in [7, 11) is -0.780. The van der Waals surface area contributed by atoms with Gasteiger partial charge in [0.25, 0.3) is 0 Å². The molecule has 0 saturated heterocycles. The molecule has 0 heterocycles. The predicted octanol–water partition coefficient (Wildman–Crippen LogP) is 11.5. The van der Waals surface area contributed by atoms with Gasteiger partial charge in [0.15, 0.2) is 0 Å². The van der Waals surface area contributed by atoms with Gasteiger partial charge in [0.2, 0.25) is 0 Å². The predicted molar refractivity (Wildman–Crippen MR) is 207 cm³/mol. The van der Waals surface area contributed by atoms with Gasteiger partial charge in [-0.3, -0.25) is 0 Å². The Kier molecular flexibility index (Phi) is 9.71. The van der Waals surface area contributed by atoms with Crippen LogP contribution in [0.4, 0.5) is 0 Å². The van der Waals surface area contributed by atoms with Crippen LogP contribution in [0.3, 0.4) is 0 Å². The molecule has 0 nitrogen and oxygen atoms in total. The van der Waals surface area contributed by atoms with E-state index in [1.807, 2.05) is 0 Å². The molecule has 2 aliphatic rings. The Morgan fingerprint density at radius 1 is 0.500 bits per heavy atom. The zero-order valence-corrected chi connectivity index (χ0v) is 34.2. The van der Waals surface area contributed by atoms with Crippen molar-refractivity contribution in [1.82, 2.24) is 0 Å². The molecule has 44 heavy (non-hydrogen) atoms. The van der Waals surface area contributed by atoms with Crippen molar-refractivity contribution in [3.05, 3.63) is 130 Å². The first-order valence-corrected chi connectivity index (χ1v) is 31.5. The molecule has 0 spiro atoms. The molecule has 0 aliphatic heterocycles. The van der Waals surface area contributed by atoms with Crippen molar-refractivity contribution in [2.24, 2.45) is 0 Å². The van der Waals surface area contributed by atoms with Crippen LogP contribution in [0.15, 0.2) is 107 Å². The summed E-state index contributed by atoms with van der Waals surface area (Å²) in [4.78, 5) is 0. The van der Waals surface area contributed by atoms with Crippen LogP contribution in [0, 0.1) is 0 Å². The molecule has 0 fully saturated rings. The summed E-state index contributed by atoms with van der Waals surface area (Å²) >= 11 is -3.44. The van der Waals surface area contributed by atoms with Gasteiger partial charge in [-0.15, -0.1) is 24.8 Å². The monoisotopic (exact) mass is 706 g/mol. The molecule has 6 rings (SSSR count). The number of hydrogen-bond donors (Lipinski definition) is 0. The van der Waals surface area contributed by atoms with E-state index < -0.39 is 30.2 Å². The van der Waals surface area contributed by atoms with Crippen LogP contribution < -0.4 is 0 Å². The van der Waals surface area contributed by atoms with Crippen LogP contribution >= 0.6 is 24.8 Å². The smallest absolute Gasteiger partial charge is 0.147 e. The van der Waals surface area contributed by atoms with Gasteiger partial charge in [0.1, 0.15) is 0 Å². The van der Waals surface area contributed by atoms with Crippen molar-refractivity contribution < 1.29 is 14.0 Å². The summed E-state index contributed by atoms with van der Waals surface area (Å²) in [5.41, 5.74) is 11.7. The van der Waals surface area contributed by atoms with Crippen LogP contribution in [0.2, 0.25) is 49.7 Å². The second kappa shape index (κ2) is 12.2. The van der Waals surface area contributed by atoms with Crippen molar-refractivity contribution in [1.29, 1.82) is 0 Å². The van der Waals surface area contributed by atoms with E-state index in [-0.39, 0.29) is 24.8 Å². The molecule has 0 amide bonds. The van der Waals surface area contributed by atoms with E-state index in [1.165, 1.54) is 33.4 Å². The first-order chi connectivity index (χ1) is 19.7. The Hall–Kier alpha value is -1.70.